The lowest BCUT2D eigenvalue weighted by molar-refractivity contribution is 0.0696. The molecule has 0 saturated heterocycles. The summed E-state index contributed by atoms with van der Waals surface area (Å²) >= 11 is 14.1. The fraction of sp³-hybridized carbons (Fsp3) is 0.0714. The molecule has 0 bridgehead atoms. The van der Waals surface area contributed by atoms with Crippen molar-refractivity contribution in [3.63, 3.8) is 0 Å². The van der Waals surface area contributed by atoms with Crippen LogP contribution < -0.4 is 4.74 Å². The van der Waals surface area contributed by atoms with Gasteiger partial charge in [-0.2, -0.15) is 0 Å². The maximum Gasteiger partial charge on any atom is 0.335 e. The van der Waals surface area contributed by atoms with E-state index in [-0.39, 0.29) is 12.2 Å². The molecule has 0 radical (unpaired) electrons. The van der Waals surface area contributed by atoms with E-state index in [1.807, 2.05) is 6.07 Å². The molecule has 2 aromatic rings. The van der Waals surface area contributed by atoms with Crippen molar-refractivity contribution in [2.45, 2.75) is 6.61 Å². The number of halogens is 3. The van der Waals surface area contributed by atoms with Crippen molar-refractivity contribution in [2.24, 2.45) is 0 Å². The lowest BCUT2D eigenvalue weighted by Gasteiger charge is -2.10. The number of carboxylic acid groups (broad SMARTS) is 1. The first-order valence-electron chi connectivity index (χ1n) is 5.57. The maximum absolute atomic E-state index is 10.9. The van der Waals surface area contributed by atoms with Crippen molar-refractivity contribution < 1.29 is 14.6 Å². The normalized spacial score (nSPS) is 10.3. The number of ether oxygens (including phenoxy) is 1. The molecule has 104 valence electrons. The quantitative estimate of drug-likeness (QED) is 0.714. The molecule has 2 aromatic carbocycles. The van der Waals surface area contributed by atoms with E-state index in [4.69, 9.17) is 33.0 Å². The fourth-order valence-electron chi connectivity index (χ4n) is 1.56. The molecular formula is C14H9Cl2IO3. The number of aromatic carboxylic acids is 1. The van der Waals surface area contributed by atoms with Crippen molar-refractivity contribution in [1.29, 1.82) is 0 Å². The Morgan fingerprint density at radius 2 is 2.00 bits per heavy atom. The van der Waals surface area contributed by atoms with E-state index >= 15 is 0 Å². The third-order valence-electron chi connectivity index (χ3n) is 2.59. The Kier molecular flexibility index (Phi) is 5.12. The Morgan fingerprint density at radius 1 is 1.25 bits per heavy atom. The van der Waals surface area contributed by atoms with Gasteiger partial charge >= 0.3 is 5.97 Å². The summed E-state index contributed by atoms with van der Waals surface area (Å²) in [5.41, 5.74) is 0.924. The number of benzene rings is 2. The van der Waals surface area contributed by atoms with Gasteiger partial charge in [-0.25, -0.2) is 4.79 Å². The van der Waals surface area contributed by atoms with Crippen molar-refractivity contribution in [3.05, 3.63) is 61.1 Å². The van der Waals surface area contributed by atoms with Crippen molar-refractivity contribution in [3.8, 4) is 5.75 Å². The van der Waals surface area contributed by atoms with Crippen molar-refractivity contribution in [1.82, 2.24) is 0 Å². The molecule has 0 amide bonds. The summed E-state index contributed by atoms with van der Waals surface area (Å²) in [6, 6.07) is 10.0. The highest BCUT2D eigenvalue weighted by Gasteiger charge is 2.10. The number of rotatable bonds is 4. The molecule has 20 heavy (non-hydrogen) atoms. The van der Waals surface area contributed by atoms with Crippen molar-refractivity contribution >= 4 is 51.8 Å². The third kappa shape index (κ3) is 3.56. The molecule has 0 saturated carbocycles. The molecule has 0 heterocycles. The van der Waals surface area contributed by atoms with E-state index in [2.05, 4.69) is 22.6 Å². The predicted octanol–water partition coefficient (Wildman–Crippen LogP) is 4.88. The van der Waals surface area contributed by atoms with Gasteiger partial charge in [0.15, 0.2) is 0 Å². The molecule has 0 aliphatic rings. The van der Waals surface area contributed by atoms with Crippen LogP contribution in [0.25, 0.3) is 0 Å². The van der Waals surface area contributed by atoms with E-state index in [1.165, 1.54) is 12.1 Å². The van der Waals surface area contributed by atoms with Crippen LogP contribution in [0.3, 0.4) is 0 Å². The minimum atomic E-state index is -0.993. The second-order valence-corrected chi connectivity index (χ2v) is 5.90. The zero-order chi connectivity index (χ0) is 14.7. The molecule has 0 fully saturated rings. The maximum atomic E-state index is 10.9. The summed E-state index contributed by atoms with van der Waals surface area (Å²) in [5.74, 6) is -0.492. The first kappa shape index (κ1) is 15.4. The van der Waals surface area contributed by atoms with Crippen LogP contribution in [-0.4, -0.2) is 11.1 Å². The fourth-order valence-corrected chi connectivity index (χ4v) is 2.43. The van der Waals surface area contributed by atoms with E-state index < -0.39 is 5.97 Å². The number of carboxylic acids is 1. The highest BCUT2D eigenvalue weighted by molar-refractivity contribution is 14.1. The van der Waals surface area contributed by atoms with Gasteiger partial charge in [0.1, 0.15) is 12.4 Å². The molecule has 0 unspecified atom stereocenters. The van der Waals surface area contributed by atoms with Crippen LogP contribution in [0.2, 0.25) is 10.0 Å². The third-order valence-corrected chi connectivity index (χ3v) is 4.34. The van der Waals surface area contributed by atoms with Crippen molar-refractivity contribution in [2.75, 3.05) is 0 Å². The molecular weight excluding hydrogens is 414 g/mol. The van der Waals surface area contributed by atoms with Crippen LogP contribution in [0.15, 0.2) is 36.4 Å². The smallest absolute Gasteiger partial charge is 0.335 e. The van der Waals surface area contributed by atoms with Gasteiger partial charge in [0.05, 0.1) is 19.2 Å². The topological polar surface area (TPSA) is 46.5 Å². The first-order chi connectivity index (χ1) is 9.49. The van der Waals surface area contributed by atoms with Crippen LogP contribution >= 0.6 is 45.8 Å². The summed E-state index contributed by atoms with van der Waals surface area (Å²) in [5, 5.41) is 9.87. The Morgan fingerprint density at radius 3 is 2.70 bits per heavy atom. The summed E-state index contributed by atoms with van der Waals surface area (Å²) in [6.45, 7) is 0.221. The van der Waals surface area contributed by atoms with Crippen LogP contribution in [0, 0.1) is 3.57 Å². The van der Waals surface area contributed by atoms with Crippen LogP contribution in [0.1, 0.15) is 15.9 Å². The van der Waals surface area contributed by atoms with Crippen LogP contribution in [-0.2, 0) is 6.61 Å². The summed E-state index contributed by atoms with van der Waals surface area (Å²) in [4.78, 5) is 10.9. The van der Waals surface area contributed by atoms with Gasteiger partial charge in [0, 0.05) is 5.56 Å². The Bertz CT molecular complexity index is 659. The largest absolute Gasteiger partial charge is 0.488 e. The molecule has 0 spiro atoms. The van der Waals surface area contributed by atoms with Gasteiger partial charge < -0.3 is 9.84 Å². The molecule has 2 rings (SSSR count). The summed E-state index contributed by atoms with van der Waals surface area (Å²) in [6.07, 6.45) is 0. The SMILES string of the molecule is O=C(O)c1ccc(I)c(OCc2cccc(Cl)c2Cl)c1. The Balaban J connectivity index is 2.20. The molecule has 0 aliphatic heterocycles. The lowest BCUT2D eigenvalue weighted by Crippen LogP contribution is -2.01. The number of carbonyl (C=O) groups is 1. The minimum absolute atomic E-state index is 0.178. The average Bonchev–Trinajstić information content (AvgIpc) is 2.41. The van der Waals surface area contributed by atoms with Gasteiger partial charge in [-0.05, 0) is 46.9 Å². The molecule has 3 nitrogen and oxygen atoms in total. The van der Waals surface area contributed by atoms with E-state index in [0.29, 0.717) is 15.8 Å². The molecule has 6 heteroatoms. The molecule has 0 aromatic heterocycles. The highest BCUT2D eigenvalue weighted by Crippen LogP contribution is 2.28. The van der Waals surface area contributed by atoms with Gasteiger partial charge in [-0.3, -0.25) is 0 Å². The summed E-state index contributed by atoms with van der Waals surface area (Å²) in [7, 11) is 0. The Labute approximate surface area is 139 Å². The second kappa shape index (κ2) is 6.65. The van der Waals surface area contributed by atoms with Gasteiger partial charge in [-0.1, -0.05) is 35.3 Å². The predicted molar refractivity (Wildman–Crippen MR) is 86.9 cm³/mol. The van der Waals surface area contributed by atoms with Crippen LogP contribution in [0.5, 0.6) is 5.75 Å². The number of hydrogen-bond donors (Lipinski definition) is 1. The second-order valence-electron chi connectivity index (χ2n) is 3.95. The van der Waals surface area contributed by atoms with Gasteiger partial charge in [0.2, 0.25) is 0 Å². The van der Waals surface area contributed by atoms with E-state index in [0.717, 1.165) is 9.13 Å². The zero-order valence-corrected chi connectivity index (χ0v) is 13.7. The summed E-state index contributed by atoms with van der Waals surface area (Å²) < 4.78 is 6.46. The van der Waals surface area contributed by atoms with Gasteiger partial charge in [-0.15, -0.1) is 0 Å². The average molecular weight is 423 g/mol. The zero-order valence-electron chi connectivity index (χ0n) is 10.1. The highest BCUT2D eigenvalue weighted by atomic mass is 127. The monoisotopic (exact) mass is 422 g/mol. The van der Waals surface area contributed by atoms with Crippen LogP contribution in [0.4, 0.5) is 0 Å². The standard InChI is InChI=1S/C14H9Cl2IO3/c15-10-3-1-2-9(13(10)16)7-20-12-6-8(14(18)19)4-5-11(12)17/h1-6H,7H2,(H,18,19). The number of hydrogen-bond acceptors (Lipinski definition) is 2. The minimum Gasteiger partial charge on any atom is -0.488 e. The molecule has 0 atom stereocenters. The Hall–Kier alpha value is -0.980. The van der Waals surface area contributed by atoms with E-state index in [1.54, 1.807) is 18.2 Å². The van der Waals surface area contributed by atoms with Gasteiger partial charge in [0.25, 0.3) is 0 Å². The molecule has 0 aliphatic carbocycles. The first-order valence-corrected chi connectivity index (χ1v) is 7.41. The van der Waals surface area contributed by atoms with E-state index in [9.17, 15) is 4.79 Å². The lowest BCUT2D eigenvalue weighted by atomic mass is 10.2. The molecule has 1 N–H and O–H groups in total.